The van der Waals surface area contributed by atoms with E-state index in [-0.39, 0.29) is 13.2 Å². The van der Waals surface area contributed by atoms with Crippen LogP contribution in [0.3, 0.4) is 0 Å². The Morgan fingerprint density at radius 1 is 1.10 bits per heavy atom. The van der Waals surface area contributed by atoms with Gasteiger partial charge in [0.25, 0.3) is 0 Å². The van der Waals surface area contributed by atoms with Crippen molar-refractivity contribution >= 4 is 34.4 Å². The maximum absolute atomic E-state index is 10.4. The van der Waals surface area contributed by atoms with E-state index in [0.29, 0.717) is 31.2 Å². The molecule has 0 aliphatic rings. The van der Waals surface area contributed by atoms with Gasteiger partial charge in [0, 0.05) is 30.7 Å². The minimum atomic E-state index is -1.82. The van der Waals surface area contributed by atoms with E-state index in [0.717, 1.165) is 22.2 Å². The van der Waals surface area contributed by atoms with Crippen LogP contribution in [0.5, 0.6) is 0 Å². The number of carbonyl (C=O) groups is 2. The summed E-state index contributed by atoms with van der Waals surface area (Å²) in [5.74, 6) is -3.65. The molecular weight excluding hydrogens is 404 g/mol. The molecule has 0 fully saturated rings. The first-order valence-electron chi connectivity index (χ1n) is 8.96. The summed E-state index contributed by atoms with van der Waals surface area (Å²) in [6, 6.07) is 5.83. The van der Waals surface area contributed by atoms with Crippen LogP contribution in [0.15, 0.2) is 18.2 Å². The molecule has 2 aromatic rings. The third kappa shape index (κ3) is 6.98. The first kappa shape index (κ1) is 24.9. The van der Waals surface area contributed by atoms with E-state index in [4.69, 9.17) is 41.6 Å². The molecule has 29 heavy (non-hydrogen) atoms. The maximum atomic E-state index is 10.4. The van der Waals surface area contributed by atoms with Gasteiger partial charge in [-0.3, -0.25) is 4.90 Å². The van der Waals surface area contributed by atoms with Crippen molar-refractivity contribution < 1.29 is 35.1 Å². The lowest BCUT2D eigenvalue weighted by atomic mass is 10.2. The van der Waals surface area contributed by atoms with Crippen molar-refractivity contribution in [3.8, 4) is 0 Å². The van der Waals surface area contributed by atoms with Gasteiger partial charge in [-0.1, -0.05) is 23.7 Å². The highest BCUT2D eigenvalue weighted by Crippen LogP contribution is 2.30. The third-order valence-corrected chi connectivity index (χ3v) is 4.79. The predicted molar refractivity (Wildman–Crippen MR) is 108 cm³/mol. The fraction of sp³-hybridized carbons (Fsp3) is 0.474. The Hall–Kier alpha value is -2.17. The number of aliphatic hydroxyl groups excluding tert-OH is 3. The van der Waals surface area contributed by atoms with Crippen molar-refractivity contribution in [2.75, 3.05) is 32.8 Å². The highest BCUT2D eigenvalue weighted by atomic mass is 35.5. The highest BCUT2D eigenvalue weighted by molar-refractivity contribution is 6.35. The molecule has 0 bridgehead atoms. The van der Waals surface area contributed by atoms with Crippen LogP contribution in [0, 0.1) is 13.8 Å². The molecule has 2 rings (SSSR count). The SMILES string of the molecule is Cc1c(C)n(CC(O)CN(CCO)CCO)c2c(Cl)cccc12.O=C(O)C(=O)O. The lowest BCUT2D eigenvalue weighted by Gasteiger charge is -2.24. The molecule has 162 valence electrons. The van der Waals surface area contributed by atoms with E-state index in [1.807, 2.05) is 34.6 Å². The van der Waals surface area contributed by atoms with E-state index >= 15 is 0 Å². The summed E-state index contributed by atoms with van der Waals surface area (Å²) in [4.78, 5) is 20.0. The van der Waals surface area contributed by atoms with Crippen molar-refractivity contribution in [2.45, 2.75) is 26.5 Å². The van der Waals surface area contributed by atoms with Gasteiger partial charge >= 0.3 is 11.9 Å². The summed E-state index contributed by atoms with van der Waals surface area (Å²) < 4.78 is 2.05. The number of carboxylic acid groups (broad SMARTS) is 2. The largest absolute Gasteiger partial charge is 0.473 e. The van der Waals surface area contributed by atoms with Crippen molar-refractivity contribution in [3.63, 3.8) is 0 Å². The Bertz CT molecular complexity index is 820. The van der Waals surface area contributed by atoms with Crippen LogP contribution in [0.2, 0.25) is 5.02 Å². The number of hydrogen-bond donors (Lipinski definition) is 5. The zero-order chi connectivity index (χ0) is 22.1. The zero-order valence-electron chi connectivity index (χ0n) is 16.4. The van der Waals surface area contributed by atoms with Gasteiger partial charge in [0.1, 0.15) is 0 Å². The van der Waals surface area contributed by atoms with Gasteiger partial charge in [-0.25, -0.2) is 9.59 Å². The van der Waals surface area contributed by atoms with Crippen LogP contribution in [0.1, 0.15) is 11.3 Å². The number of nitrogens with zero attached hydrogens (tertiary/aromatic N) is 2. The van der Waals surface area contributed by atoms with E-state index in [2.05, 4.69) is 6.92 Å². The predicted octanol–water partition coefficient (Wildman–Crippen LogP) is 0.715. The molecule has 1 aromatic heterocycles. The Kier molecular flexibility index (Phi) is 10.1. The summed E-state index contributed by atoms with van der Waals surface area (Å²) in [5.41, 5.74) is 3.19. The molecule has 9 nitrogen and oxygen atoms in total. The lowest BCUT2D eigenvalue weighted by molar-refractivity contribution is -0.159. The van der Waals surface area contributed by atoms with Crippen LogP contribution >= 0.6 is 11.6 Å². The molecule has 0 radical (unpaired) electrons. The smallest absolute Gasteiger partial charge is 0.414 e. The molecule has 1 unspecified atom stereocenters. The number of para-hydroxylation sites is 1. The minimum absolute atomic E-state index is 0.00311. The molecule has 0 aliphatic carbocycles. The topological polar surface area (TPSA) is 143 Å². The summed E-state index contributed by atoms with van der Waals surface area (Å²) in [6.45, 7) is 5.77. The number of fused-ring (bicyclic) bond motifs is 1. The monoisotopic (exact) mass is 430 g/mol. The van der Waals surface area contributed by atoms with Gasteiger partial charge in [0.05, 0.1) is 36.4 Å². The van der Waals surface area contributed by atoms with Crippen LogP contribution in [-0.4, -0.2) is 85.9 Å². The summed E-state index contributed by atoms with van der Waals surface area (Å²) >= 11 is 6.36. The number of rotatable bonds is 8. The van der Waals surface area contributed by atoms with Crippen LogP contribution in [0.25, 0.3) is 10.9 Å². The van der Waals surface area contributed by atoms with Gasteiger partial charge in [0.2, 0.25) is 0 Å². The van der Waals surface area contributed by atoms with Crippen molar-refractivity contribution in [1.29, 1.82) is 0 Å². The highest BCUT2D eigenvalue weighted by Gasteiger charge is 2.18. The van der Waals surface area contributed by atoms with Crippen molar-refractivity contribution in [3.05, 3.63) is 34.5 Å². The fourth-order valence-electron chi connectivity index (χ4n) is 3.03. The number of carboxylic acids is 2. The van der Waals surface area contributed by atoms with E-state index in [1.54, 1.807) is 0 Å². The number of aliphatic hydroxyl groups is 3. The van der Waals surface area contributed by atoms with E-state index in [1.165, 1.54) is 0 Å². The molecule has 0 spiro atoms. The molecule has 0 saturated carbocycles. The second kappa shape index (κ2) is 11.7. The number of aliphatic carboxylic acids is 2. The van der Waals surface area contributed by atoms with Gasteiger partial charge in [-0.05, 0) is 25.5 Å². The molecule has 1 aromatic carbocycles. The lowest BCUT2D eigenvalue weighted by Crippen LogP contribution is -2.38. The minimum Gasteiger partial charge on any atom is -0.473 e. The first-order chi connectivity index (χ1) is 13.6. The van der Waals surface area contributed by atoms with E-state index < -0.39 is 18.0 Å². The fourth-order valence-corrected chi connectivity index (χ4v) is 3.31. The van der Waals surface area contributed by atoms with Gasteiger partial charge < -0.3 is 30.1 Å². The van der Waals surface area contributed by atoms with Gasteiger partial charge in [-0.15, -0.1) is 0 Å². The first-order valence-corrected chi connectivity index (χ1v) is 9.34. The second-order valence-electron chi connectivity index (χ2n) is 6.47. The second-order valence-corrected chi connectivity index (χ2v) is 6.88. The molecule has 1 heterocycles. The average molecular weight is 431 g/mol. The number of aromatic nitrogens is 1. The quantitative estimate of drug-likeness (QED) is 0.385. The molecule has 5 N–H and O–H groups in total. The van der Waals surface area contributed by atoms with Gasteiger partial charge in [-0.2, -0.15) is 0 Å². The molecule has 1 atom stereocenters. The van der Waals surface area contributed by atoms with Crippen molar-refractivity contribution in [2.24, 2.45) is 0 Å². The molecule has 10 heteroatoms. The van der Waals surface area contributed by atoms with Crippen LogP contribution < -0.4 is 0 Å². The Balaban J connectivity index is 0.000000612. The number of hydrogen-bond acceptors (Lipinski definition) is 6. The van der Waals surface area contributed by atoms with E-state index in [9.17, 15) is 5.11 Å². The summed E-state index contributed by atoms with van der Waals surface area (Å²) in [6.07, 6.45) is -0.613. The summed E-state index contributed by atoms with van der Waals surface area (Å²) in [7, 11) is 0. The Morgan fingerprint density at radius 2 is 1.66 bits per heavy atom. The Labute approximate surface area is 173 Å². The normalized spacial score (nSPS) is 12.0. The summed E-state index contributed by atoms with van der Waals surface area (Å²) in [5, 5.41) is 45.1. The standard InChI is InChI=1S/C17H25ClN2O3.C2H2O4/c1-12-13(2)20(17-15(12)4-3-5-16(17)18)11-14(23)10-19(6-8-21)7-9-22;3-1(4)2(5)6/h3-5,14,21-23H,6-11H2,1-2H3;(H,3,4)(H,5,6). The molecule has 0 aliphatic heterocycles. The number of benzene rings is 1. The van der Waals surface area contributed by atoms with Crippen LogP contribution in [-0.2, 0) is 16.1 Å². The average Bonchev–Trinajstić information content (AvgIpc) is 2.88. The molecular formula is C19H27ClN2O7. The third-order valence-electron chi connectivity index (χ3n) is 4.49. The number of halogens is 1. The molecule has 0 amide bonds. The zero-order valence-corrected chi connectivity index (χ0v) is 17.1. The van der Waals surface area contributed by atoms with Crippen LogP contribution in [0.4, 0.5) is 0 Å². The van der Waals surface area contributed by atoms with Crippen molar-refractivity contribution in [1.82, 2.24) is 9.47 Å². The van der Waals surface area contributed by atoms with Gasteiger partial charge in [0.15, 0.2) is 0 Å². The number of aryl methyl sites for hydroxylation is 1. The maximum Gasteiger partial charge on any atom is 0.414 e. The Morgan fingerprint density at radius 3 is 2.14 bits per heavy atom. The molecule has 0 saturated heterocycles.